The third-order valence-corrected chi connectivity index (χ3v) is 6.00. The molecule has 0 amide bonds. The molecule has 1 rings (SSSR count). The van der Waals surface area contributed by atoms with Crippen molar-refractivity contribution < 1.29 is 0 Å². The van der Waals surface area contributed by atoms with Crippen LogP contribution >= 0.6 is 23.5 Å². The summed E-state index contributed by atoms with van der Waals surface area (Å²) < 4.78 is 0. The van der Waals surface area contributed by atoms with Crippen LogP contribution in [0.5, 0.6) is 0 Å². The molecule has 16 heavy (non-hydrogen) atoms. The maximum atomic E-state index is 3.76. The summed E-state index contributed by atoms with van der Waals surface area (Å²) >= 11 is 4.28. The summed E-state index contributed by atoms with van der Waals surface area (Å²) in [4.78, 5) is 0. The van der Waals surface area contributed by atoms with Gasteiger partial charge in [-0.15, -0.1) is 6.58 Å². The van der Waals surface area contributed by atoms with Gasteiger partial charge in [-0.2, -0.15) is 23.5 Å². The Labute approximate surface area is 109 Å². The average Bonchev–Trinajstić information content (AvgIpc) is 2.35. The summed E-state index contributed by atoms with van der Waals surface area (Å²) in [7, 11) is 2.12. The highest BCUT2D eigenvalue weighted by atomic mass is 32.2. The number of rotatable bonds is 8. The first-order chi connectivity index (χ1) is 7.88. The van der Waals surface area contributed by atoms with Gasteiger partial charge in [-0.25, -0.2) is 0 Å². The van der Waals surface area contributed by atoms with Crippen molar-refractivity contribution in [1.29, 1.82) is 0 Å². The minimum Gasteiger partial charge on any atom is -0.316 e. The fourth-order valence-electron chi connectivity index (χ4n) is 2.08. The third kappa shape index (κ3) is 5.65. The van der Waals surface area contributed by atoms with Crippen molar-refractivity contribution in [3.05, 3.63) is 12.7 Å². The molecule has 3 heteroatoms. The van der Waals surface area contributed by atoms with Crippen LogP contribution in [0.15, 0.2) is 12.7 Å². The van der Waals surface area contributed by atoms with Crippen LogP contribution in [-0.2, 0) is 0 Å². The first-order valence-corrected chi connectivity index (χ1v) is 8.56. The molecule has 0 spiro atoms. The molecule has 2 atom stereocenters. The smallest absolute Gasteiger partial charge is 0.0291 e. The summed E-state index contributed by atoms with van der Waals surface area (Å²) in [5.74, 6) is 4.02. The van der Waals surface area contributed by atoms with E-state index in [0.717, 1.165) is 11.3 Å². The predicted octanol–water partition coefficient (Wildman–Crippen LogP) is 3.56. The normalized spacial score (nSPS) is 22.9. The molecule has 0 saturated carbocycles. The lowest BCUT2D eigenvalue weighted by atomic mass is 10.0. The van der Waals surface area contributed by atoms with Crippen molar-refractivity contribution >= 4 is 23.5 Å². The Hall–Kier alpha value is 0.400. The van der Waals surface area contributed by atoms with Gasteiger partial charge in [0.1, 0.15) is 0 Å². The van der Waals surface area contributed by atoms with Gasteiger partial charge in [0.15, 0.2) is 0 Å². The van der Waals surface area contributed by atoms with E-state index in [2.05, 4.69) is 42.5 Å². The van der Waals surface area contributed by atoms with Crippen molar-refractivity contribution in [2.24, 2.45) is 0 Å². The van der Waals surface area contributed by atoms with E-state index in [1.807, 2.05) is 6.08 Å². The van der Waals surface area contributed by atoms with E-state index in [9.17, 15) is 0 Å². The molecule has 1 saturated heterocycles. The van der Waals surface area contributed by atoms with Crippen molar-refractivity contribution in [1.82, 2.24) is 5.32 Å². The van der Waals surface area contributed by atoms with Gasteiger partial charge in [-0.1, -0.05) is 18.9 Å². The summed E-state index contributed by atoms with van der Waals surface area (Å²) in [6, 6.07) is 0.724. The van der Waals surface area contributed by atoms with Gasteiger partial charge >= 0.3 is 0 Å². The maximum absolute atomic E-state index is 3.76. The van der Waals surface area contributed by atoms with Gasteiger partial charge in [0, 0.05) is 28.6 Å². The van der Waals surface area contributed by atoms with Crippen LogP contribution < -0.4 is 5.32 Å². The monoisotopic (exact) mass is 259 g/mol. The lowest BCUT2D eigenvalue weighted by molar-refractivity contribution is 0.488. The average molecular weight is 259 g/mol. The van der Waals surface area contributed by atoms with Gasteiger partial charge in [0.2, 0.25) is 0 Å². The molecule has 0 aromatic heterocycles. The fourth-order valence-corrected chi connectivity index (χ4v) is 5.05. The SMILES string of the molecule is C=CCCCCCC(NC)C1CSCCS1. The molecule has 1 fully saturated rings. The maximum Gasteiger partial charge on any atom is 0.0291 e. The molecule has 0 radical (unpaired) electrons. The second-order valence-corrected chi connectivity index (χ2v) is 6.80. The number of hydrogen-bond acceptors (Lipinski definition) is 3. The summed E-state index contributed by atoms with van der Waals surface area (Å²) in [6.07, 6.45) is 8.58. The van der Waals surface area contributed by atoms with Crippen molar-refractivity contribution in [3.63, 3.8) is 0 Å². The van der Waals surface area contributed by atoms with Crippen LogP contribution in [0.2, 0.25) is 0 Å². The lowest BCUT2D eigenvalue weighted by Gasteiger charge is -2.29. The quantitative estimate of drug-likeness (QED) is 0.529. The predicted molar refractivity (Wildman–Crippen MR) is 79.7 cm³/mol. The Morgan fingerprint density at radius 1 is 1.38 bits per heavy atom. The largest absolute Gasteiger partial charge is 0.316 e. The molecule has 0 aromatic carbocycles. The fraction of sp³-hybridized carbons (Fsp3) is 0.846. The first kappa shape index (κ1) is 14.5. The molecule has 0 aromatic rings. The molecule has 1 N–H and O–H groups in total. The Kier molecular flexibility index (Phi) is 8.52. The molecule has 94 valence electrons. The molecular formula is C13H25NS2. The van der Waals surface area contributed by atoms with E-state index in [1.165, 1.54) is 49.4 Å². The molecule has 1 heterocycles. The number of allylic oxidation sites excluding steroid dienone is 1. The molecular weight excluding hydrogens is 234 g/mol. The zero-order valence-electron chi connectivity index (χ0n) is 10.4. The summed E-state index contributed by atoms with van der Waals surface area (Å²) in [5, 5.41) is 4.34. The van der Waals surface area contributed by atoms with Gasteiger partial charge in [-0.3, -0.25) is 0 Å². The van der Waals surface area contributed by atoms with Crippen LogP contribution in [0.3, 0.4) is 0 Å². The Balaban J connectivity index is 2.12. The highest BCUT2D eigenvalue weighted by molar-refractivity contribution is 8.06. The van der Waals surface area contributed by atoms with Crippen LogP contribution in [0.4, 0.5) is 0 Å². The minimum absolute atomic E-state index is 0.724. The molecule has 2 unspecified atom stereocenters. The molecule has 1 aliphatic heterocycles. The van der Waals surface area contributed by atoms with Crippen molar-refractivity contribution in [2.45, 2.75) is 43.4 Å². The molecule has 1 aliphatic rings. The van der Waals surface area contributed by atoms with E-state index in [0.29, 0.717) is 0 Å². The number of thioether (sulfide) groups is 2. The first-order valence-electron chi connectivity index (χ1n) is 6.36. The molecule has 0 aliphatic carbocycles. The minimum atomic E-state index is 0.724. The van der Waals surface area contributed by atoms with E-state index in [1.54, 1.807) is 0 Å². The second-order valence-electron chi connectivity index (χ2n) is 4.31. The zero-order chi connectivity index (χ0) is 11.6. The van der Waals surface area contributed by atoms with Gasteiger partial charge < -0.3 is 5.32 Å². The number of unbranched alkanes of at least 4 members (excludes halogenated alkanes) is 3. The van der Waals surface area contributed by atoms with E-state index in [-0.39, 0.29) is 0 Å². The number of hydrogen-bond donors (Lipinski definition) is 1. The standard InChI is InChI=1S/C13H25NS2/c1-3-4-5-6-7-8-12(14-2)13-11-15-9-10-16-13/h3,12-14H,1,4-11H2,2H3. The molecule has 1 nitrogen and oxygen atoms in total. The van der Waals surface area contributed by atoms with E-state index in [4.69, 9.17) is 0 Å². The van der Waals surface area contributed by atoms with Crippen LogP contribution in [0, 0.1) is 0 Å². The van der Waals surface area contributed by atoms with Crippen molar-refractivity contribution in [3.8, 4) is 0 Å². The lowest BCUT2D eigenvalue weighted by Crippen LogP contribution is -2.38. The van der Waals surface area contributed by atoms with Gasteiger partial charge in [0.25, 0.3) is 0 Å². The summed E-state index contributed by atoms with van der Waals surface area (Å²) in [6.45, 7) is 3.76. The Bertz CT molecular complexity index is 179. The second kappa shape index (κ2) is 9.43. The summed E-state index contributed by atoms with van der Waals surface area (Å²) in [5.41, 5.74) is 0. The molecule has 0 bridgehead atoms. The Morgan fingerprint density at radius 3 is 2.88 bits per heavy atom. The van der Waals surface area contributed by atoms with Crippen molar-refractivity contribution in [2.75, 3.05) is 24.3 Å². The topological polar surface area (TPSA) is 12.0 Å². The van der Waals surface area contributed by atoms with Gasteiger partial charge in [-0.05, 0) is 26.3 Å². The third-order valence-electron chi connectivity index (χ3n) is 3.08. The van der Waals surface area contributed by atoms with Gasteiger partial charge in [0.05, 0.1) is 0 Å². The van der Waals surface area contributed by atoms with E-state index >= 15 is 0 Å². The Morgan fingerprint density at radius 2 is 2.25 bits per heavy atom. The number of nitrogens with one attached hydrogen (secondary N) is 1. The highest BCUT2D eigenvalue weighted by Crippen LogP contribution is 2.28. The van der Waals surface area contributed by atoms with Crippen LogP contribution in [0.25, 0.3) is 0 Å². The van der Waals surface area contributed by atoms with Crippen LogP contribution in [0.1, 0.15) is 32.1 Å². The van der Waals surface area contributed by atoms with Crippen LogP contribution in [-0.4, -0.2) is 35.6 Å². The van der Waals surface area contributed by atoms with E-state index < -0.39 is 0 Å². The zero-order valence-corrected chi connectivity index (χ0v) is 12.0. The highest BCUT2D eigenvalue weighted by Gasteiger charge is 2.22.